The minimum Gasteiger partial charge on any atom is -0.290 e. The van der Waals surface area contributed by atoms with Crippen LogP contribution >= 0.6 is 0 Å². The van der Waals surface area contributed by atoms with Gasteiger partial charge in [-0.3, -0.25) is 4.57 Å². The Morgan fingerprint density at radius 2 is 1.91 bits per heavy atom. The molecule has 108 valence electrons. The molecule has 5 rings (SSSR count). The molecule has 0 spiro atoms. The highest BCUT2D eigenvalue weighted by atomic mass is 15.2. The van der Waals surface area contributed by atoms with E-state index < -0.39 is 0 Å². The Bertz CT molecular complexity index is 963. The molecule has 0 atom stereocenters. The molecule has 2 aliphatic rings. The maximum absolute atomic E-state index is 4.96. The van der Waals surface area contributed by atoms with Gasteiger partial charge in [-0.25, -0.2) is 4.98 Å². The second-order valence-electron chi connectivity index (χ2n) is 6.50. The van der Waals surface area contributed by atoms with Gasteiger partial charge in [-0.15, -0.1) is 0 Å². The van der Waals surface area contributed by atoms with E-state index in [9.17, 15) is 0 Å². The molecule has 3 aromatic rings. The molecule has 0 amide bonds. The van der Waals surface area contributed by atoms with Crippen LogP contribution in [-0.4, -0.2) is 9.55 Å². The van der Waals surface area contributed by atoms with Gasteiger partial charge in [-0.2, -0.15) is 4.57 Å². The fourth-order valence-electron chi connectivity index (χ4n) is 4.03. The number of benzene rings is 1. The Morgan fingerprint density at radius 3 is 2.77 bits per heavy atom. The van der Waals surface area contributed by atoms with Crippen molar-refractivity contribution in [1.29, 1.82) is 0 Å². The summed E-state index contributed by atoms with van der Waals surface area (Å²) in [5.74, 6) is 1.20. The van der Waals surface area contributed by atoms with E-state index >= 15 is 0 Å². The first-order valence-corrected chi connectivity index (χ1v) is 7.83. The van der Waals surface area contributed by atoms with Crippen molar-refractivity contribution in [2.75, 3.05) is 0 Å². The highest BCUT2D eigenvalue weighted by Gasteiger charge is 2.37. The average Bonchev–Trinajstić information content (AvgIpc) is 3.10. The maximum atomic E-state index is 4.96. The van der Waals surface area contributed by atoms with E-state index in [0.29, 0.717) is 0 Å². The van der Waals surface area contributed by atoms with Crippen LogP contribution in [-0.2, 0) is 19.9 Å². The molecule has 3 heteroatoms. The van der Waals surface area contributed by atoms with Gasteiger partial charge in [-0.1, -0.05) is 18.2 Å². The van der Waals surface area contributed by atoms with Crippen LogP contribution in [0.4, 0.5) is 0 Å². The van der Waals surface area contributed by atoms with Crippen molar-refractivity contribution in [2.45, 2.75) is 26.7 Å². The van der Waals surface area contributed by atoms with Gasteiger partial charge in [0.25, 0.3) is 0 Å². The standard InChI is InChI=1S/C19H18N3/c1-11-5-4-6-13-10-16-20-15-9-14-8-7-12(2)21(3)18(14)19(15)22(16)17(11)13/h4-8H,9-10H2,1-3H3/q+1. The predicted molar refractivity (Wildman–Crippen MR) is 85.3 cm³/mol. The summed E-state index contributed by atoms with van der Waals surface area (Å²) in [6, 6.07) is 11.0. The number of fused-ring (bicyclic) bond motifs is 7. The van der Waals surface area contributed by atoms with E-state index in [0.717, 1.165) is 12.8 Å². The van der Waals surface area contributed by atoms with Crippen LogP contribution in [0.3, 0.4) is 0 Å². The van der Waals surface area contributed by atoms with Crippen molar-refractivity contribution in [3.05, 3.63) is 64.2 Å². The summed E-state index contributed by atoms with van der Waals surface area (Å²) in [4.78, 5) is 4.96. The van der Waals surface area contributed by atoms with Gasteiger partial charge in [-0.05, 0) is 24.1 Å². The number of pyridine rings is 1. The molecule has 3 nitrogen and oxygen atoms in total. The molecule has 0 radical (unpaired) electrons. The van der Waals surface area contributed by atoms with Gasteiger partial charge in [0.05, 0.1) is 11.4 Å². The van der Waals surface area contributed by atoms with Gasteiger partial charge in [0.2, 0.25) is 5.69 Å². The molecule has 0 fully saturated rings. The van der Waals surface area contributed by atoms with Gasteiger partial charge >= 0.3 is 0 Å². The highest BCUT2D eigenvalue weighted by Crippen LogP contribution is 2.41. The Kier molecular flexibility index (Phi) is 2.13. The van der Waals surface area contributed by atoms with Crippen LogP contribution in [0, 0.1) is 13.8 Å². The van der Waals surface area contributed by atoms with Crippen LogP contribution in [0.25, 0.3) is 17.1 Å². The Balaban J connectivity index is 1.88. The quantitative estimate of drug-likeness (QED) is 0.402. The molecule has 1 aliphatic heterocycles. The maximum Gasteiger partial charge on any atom is 0.235 e. The number of aromatic nitrogens is 3. The molecule has 0 saturated heterocycles. The van der Waals surface area contributed by atoms with E-state index in [2.05, 4.69) is 60.4 Å². The van der Waals surface area contributed by atoms with Gasteiger partial charge < -0.3 is 0 Å². The number of para-hydroxylation sites is 1. The number of hydrogen-bond donors (Lipinski definition) is 0. The lowest BCUT2D eigenvalue weighted by Crippen LogP contribution is -2.35. The Morgan fingerprint density at radius 1 is 1.05 bits per heavy atom. The zero-order valence-electron chi connectivity index (χ0n) is 13.1. The van der Waals surface area contributed by atoms with Crippen LogP contribution in [0.15, 0.2) is 30.3 Å². The van der Waals surface area contributed by atoms with E-state index in [1.807, 2.05) is 0 Å². The monoisotopic (exact) mass is 288 g/mol. The van der Waals surface area contributed by atoms with E-state index in [1.165, 1.54) is 51.0 Å². The zero-order valence-corrected chi connectivity index (χ0v) is 13.1. The topological polar surface area (TPSA) is 21.7 Å². The number of imidazole rings is 1. The molecule has 2 aromatic heterocycles. The average molecular weight is 288 g/mol. The predicted octanol–water partition coefficient (Wildman–Crippen LogP) is 2.79. The van der Waals surface area contributed by atoms with E-state index in [1.54, 1.807) is 0 Å². The molecule has 1 aliphatic carbocycles. The van der Waals surface area contributed by atoms with Crippen LogP contribution in [0.5, 0.6) is 0 Å². The first-order chi connectivity index (χ1) is 10.6. The lowest BCUT2D eigenvalue weighted by molar-refractivity contribution is -0.667. The van der Waals surface area contributed by atoms with Gasteiger partial charge in [0.15, 0.2) is 5.69 Å². The fraction of sp³-hybridized carbons (Fsp3) is 0.263. The third-order valence-corrected chi connectivity index (χ3v) is 5.19. The van der Waals surface area contributed by atoms with Crippen molar-refractivity contribution >= 4 is 0 Å². The van der Waals surface area contributed by atoms with Gasteiger partial charge in [0, 0.05) is 31.4 Å². The summed E-state index contributed by atoms with van der Waals surface area (Å²) in [6.07, 6.45) is 1.91. The lowest BCUT2D eigenvalue weighted by atomic mass is 10.1. The van der Waals surface area contributed by atoms with Crippen molar-refractivity contribution in [2.24, 2.45) is 7.05 Å². The molecule has 1 aromatic carbocycles. The molecule has 0 unspecified atom stereocenters. The molecular weight excluding hydrogens is 270 g/mol. The summed E-state index contributed by atoms with van der Waals surface area (Å²) < 4.78 is 4.72. The first kappa shape index (κ1) is 12.2. The number of hydrogen-bond acceptors (Lipinski definition) is 1. The molecule has 0 bridgehead atoms. The minimum absolute atomic E-state index is 0.953. The minimum atomic E-state index is 0.953. The summed E-state index contributed by atoms with van der Waals surface area (Å²) in [6.45, 7) is 4.37. The van der Waals surface area contributed by atoms with Crippen LogP contribution < -0.4 is 4.57 Å². The number of aryl methyl sites for hydroxylation is 2. The normalized spacial score (nSPS) is 13.8. The first-order valence-electron chi connectivity index (χ1n) is 7.83. The zero-order chi connectivity index (χ0) is 15.0. The highest BCUT2D eigenvalue weighted by molar-refractivity contribution is 5.72. The van der Waals surface area contributed by atoms with Crippen molar-refractivity contribution < 1.29 is 4.57 Å². The number of rotatable bonds is 0. The summed E-state index contributed by atoms with van der Waals surface area (Å²) in [5.41, 5.74) is 10.6. The summed E-state index contributed by atoms with van der Waals surface area (Å²) >= 11 is 0. The smallest absolute Gasteiger partial charge is 0.235 e. The molecule has 3 heterocycles. The third-order valence-electron chi connectivity index (χ3n) is 5.19. The Hall–Kier alpha value is -2.42. The third kappa shape index (κ3) is 1.32. The lowest BCUT2D eigenvalue weighted by Gasteiger charge is -2.10. The molecule has 0 saturated carbocycles. The van der Waals surface area contributed by atoms with E-state index in [4.69, 9.17) is 4.98 Å². The van der Waals surface area contributed by atoms with E-state index in [-0.39, 0.29) is 0 Å². The van der Waals surface area contributed by atoms with Crippen molar-refractivity contribution in [3.8, 4) is 17.1 Å². The second kappa shape index (κ2) is 3.86. The summed E-state index contributed by atoms with van der Waals surface area (Å²) in [7, 11) is 2.16. The van der Waals surface area contributed by atoms with Crippen LogP contribution in [0.2, 0.25) is 0 Å². The van der Waals surface area contributed by atoms with Crippen molar-refractivity contribution in [3.63, 3.8) is 0 Å². The Labute approximate surface area is 129 Å². The SMILES string of the molecule is Cc1cccc2c1-n1c(nc3c1-c1c(ccc(C)[n+]1C)C3)C2. The number of nitrogens with zero attached hydrogens (tertiary/aromatic N) is 3. The molecule has 0 N–H and O–H groups in total. The van der Waals surface area contributed by atoms with Crippen molar-refractivity contribution in [1.82, 2.24) is 9.55 Å². The molecule has 22 heavy (non-hydrogen) atoms. The largest absolute Gasteiger partial charge is 0.290 e. The van der Waals surface area contributed by atoms with Gasteiger partial charge in [0.1, 0.15) is 18.6 Å². The van der Waals surface area contributed by atoms with Crippen LogP contribution in [0.1, 0.15) is 33.9 Å². The summed E-state index contributed by atoms with van der Waals surface area (Å²) in [5, 5.41) is 0. The molecular formula is C19H18N3+. The second-order valence-corrected chi connectivity index (χ2v) is 6.50. The fourth-order valence-corrected chi connectivity index (χ4v) is 4.03.